The van der Waals surface area contributed by atoms with E-state index in [0.29, 0.717) is 5.57 Å². The third-order valence-corrected chi connectivity index (χ3v) is 1.01. The van der Waals surface area contributed by atoms with Gasteiger partial charge in [-0.15, -0.1) is 0 Å². The highest BCUT2D eigenvalue weighted by molar-refractivity contribution is 5.87. The molecule has 10 heavy (non-hydrogen) atoms. The summed E-state index contributed by atoms with van der Waals surface area (Å²) in [5, 5.41) is 8.12. The third kappa shape index (κ3) is 3.21. The Labute approximate surface area is 59.4 Å². The molecular weight excluding hydrogens is 134 g/mol. The van der Waals surface area contributed by atoms with Crippen LogP contribution in [0.25, 0.3) is 0 Å². The average Bonchev–Trinajstić information content (AvgIpc) is 1.98. The molecule has 0 bridgehead atoms. The Balaban J connectivity index is 3.80. The van der Waals surface area contributed by atoms with Gasteiger partial charge >= 0.3 is 5.97 Å². The lowest BCUT2D eigenvalue weighted by atomic mass is 10.3. The van der Waals surface area contributed by atoms with Crippen molar-refractivity contribution in [3.05, 3.63) is 11.6 Å². The van der Waals surface area contributed by atoms with E-state index in [2.05, 4.69) is 4.74 Å². The van der Waals surface area contributed by atoms with Gasteiger partial charge in [0.25, 0.3) is 0 Å². The van der Waals surface area contributed by atoms with Crippen LogP contribution in [0.2, 0.25) is 0 Å². The van der Waals surface area contributed by atoms with E-state index in [1.165, 1.54) is 13.2 Å². The lowest BCUT2D eigenvalue weighted by Gasteiger charge is -1.96. The summed E-state index contributed by atoms with van der Waals surface area (Å²) < 4.78 is 4.39. The number of carbonyl (C=O) groups excluding carboxylic acids is 1. The Morgan fingerprint density at radius 1 is 1.80 bits per heavy atom. The fourth-order valence-electron chi connectivity index (χ4n) is 0.443. The zero-order valence-corrected chi connectivity index (χ0v) is 6.05. The summed E-state index contributed by atoms with van der Waals surface area (Å²) in [6.45, 7) is 1.87. The predicted octanol–water partition coefficient (Wildman–Crippen LogP) is 0.0845. The highest BCUT2D eigenvalue weighted by atomic mass is 16.5. The number of hydrogen-bond donors (Lipinski definition) is 2. The molecular formula is C6H11NO3. The van der Waals surface area contributed by atoms with Crippen molar-refractivity contribution in [2.45, 2.75) is 6.92 Å². The van der Waals surface area contributed by atoms with Crippen LogP contribution in [0.5, 0.6) is 0 Å². The van der Waals surface area contributed by atoms with Gasteiger partial charge in [0, 0.05) is 12.1 Å². The van der Waals surface area contributed by atoms with Crippen molar-refractivity contribution in [3.8, 4) is 0 Å². The van der Waals surface area contributed by atoms with Crippen molar-refractivity contribution in [1.29, 1.82) is 0 Å². The van der Waals surface area contributed by atoms with Gasteiger partial charge in [-0.25, -0.2) is 10.3 Å². The highest BCUT2D eigenvalue weighted by Gasteiger charge is 2.00. The Morgan fingerprint density at radius 3 is 2.80 bits per heavy atom. The Bertz CT molecular complexity index is 142. The number of hydroxylamine groups is 1. The van der Waals surface area contributed by atoms with E-state index in [-0.39, 0.29) is 12.5 Å². The van der Waals surface area contributed by atoms with Gasteiger partial charge in [0.2, 0.25) is 0 Å². The van der Waals surface area contributed by atoms with Crippen molar-refractivity contribution in [2.24, 2.45) is 0 Å². The molecule has 0 unspecified atom stereocenters. The molecule has 0 aliphatic rings. The standard InChI is InChI=1S/C6H11NO3/c1-5(3-4-7-9)6(8)10-2/h3,7,9H,4H2,1-2H3/b5-3+. The lowest BCUT2D eigenvalue weighted by molar-refractivity contribution is -0.136. The Morgan fingerprint density at radius 2 is 2.40 bits per heavy atom. The van der Waals surface area contributed by atoms with Gasteiger partial charge in [-0.05, 0) is 6.92 Å². The number of esters is 1. The van der Waals surface area contributed by atoms with E-state index in [1.807, 2.05) is 5.48 Å². The van der Waals surface area contributed by atoms with E-state index in [9.17, 15) is 4.79 Å². The second-order valence-corrected chi connectivity index (χ2v) is 1.74. The van der Waals surface area contributed by atoms with Crippen molar-refractivity contribution in [2.75, 3.05) is 13.7 Å². The van der Waals surface area contributed by atoms with Crippen LogP contribution in [0.4, 0.5) is 0 Å². The van der Waals surface area contributed by atoms with Gasteiger partial charge < -0.3 is 9.94 Å². The van der Waals surface area contributed by atoms with Gasteiger partial charge in [0.15, 0.2) is 0 Å². The predicted molar refractivity (Wildman–Crippen MR) is 35.6 cm³/mol. The first-order valence-electron chi connectivity index (χ1n) is 2.84. The molecule has 0 spiro atoms. The summed E-state index contributed by atoms with van der Waals surface area (Å²) in [6, 6.07) is 0. The van der Waals surface area contributed by atoms with Crippen LogP contribution < -0.4 is 5.48 Å². The van der Waals surface area contributed by atoms with Crippen molar-refractivity contribution >= 4 is 5.97 Å². The maximum atomic E-state index is 10.6. The molecule has 0 saturated heterocycles. The molecule has 58 valence electrons. The van der Waals surface area contributed by atoms with Crippen molar-refractivity contribution in [1.82, 2.24) is 5.48 Å². The molecule has 0 aromatic carbocycles. The number of hydrogen-bond acceptors (Lipinski definition) is 4. The molecule has 4 heteroatoms. The molecule has 0 aromatic heterocycles. The first kappa shape index (κ1) is 9.13. The summed E-state index contributed by atoms with van der Waals surface area (Å²) in [5.74, 6) is -0.379. The lowest BCUT2D eigenvalue weighted by Crippen LogP contribution is -2.09. The maximum absolute atomic E-state index is 10.6. The maximum Gasteiger partial charge on any atom is 0.333 e. The number of rotatable bonds is 3. The van der Waals surface area contributed by atoms with Crippen LogP contribution in [0.1, 0.15) is 6.92 Å². The monoisotopic (exact) mass is 145 g/mol. The van der Waals surface area contributed by atoms with E-state index in [1.54, 1.807) is 6.92 Å². The molecule has 0 aliphatic carbocycles. The molecule has 0 aliphatic heterocycles. The molecule has 0 saturated carbocycles. The Hall–Kier alpha value is -0.870. The van der Waals surface area contributed by atoms with E-state index in [4.69, 9.17) is 5.21 Å². The zero-order valence-electron chi connectivity index (χ0n) is 6.05. The van der Waals surface area contributed by atoms with Crippen LogP contribution in [-0.4, -0.2) is 24.8 Å². The van der Waals surface area contributed by atoms with Gasteiger partial charge in [0.05, 0.1) is 7.11 Å². The van der Waals surface area contributed by atoms with Gasteiger partial charge in [-0.1, -0.05) is 6.08 Å². The van der Waals surface area contributed by atoms with Crippen LogP contribution in [0, 0.1) is 0 Å². The molecule has 0 amide bonds. The second-order valence-electron chi connectivity index (χ2n) is 1.74. The molecule has 0 atom stereocenters. The fraction of sp³-hybridized carbons (Fsp3) is 0.500. The first-order chi connectivity index (χ1) is 4.72. The molecule has 0 heterocycles. The Kier molecular flexibility index (Phi) is 4.53. The van der Waals surface area contributed by atoms with Gasteiger partial charge in [-0.3, -0.25) is 0 Å². The topological polar surface area (TPSA) is 58.6 Å². The highest BCUT2D eigenvalue weighted by Crippen LogP contribution is 1.92. The van der Waals surface area contributed by atoms with Crippen molar-refractivity contribution in [3.63, 3.8) is 0 Å². The van der Waals surface area contributed by atoms with E-state index in [0.717, 1.165) is 0 Å². The molecule has 0 rings (SSSR count). The number of carbonyl (C=O) groups is 1. The number of ether oxygens (including phenoxy) is 1. The van der Waals surface area contributed by atoms with Gasteiger partial charge in [0.1, 0.15) is 0 Å². The summed E-state index contributed by atoms with van der Waals surface area (Å²) in [4.78, 5) is 10.6. The van der Waals surface area contributed by atoms with Crippen molar-refractivity contribution < 1.29 is 14.7 Å². The molecule has 4 nitrogen and oxygen atoms in total. The minimum atomic E-state index is -0.379. The zero-order chi connectivity index (χ0) is 7.98. The number of methoxy groups -OCH3 is 1. The first-order valence-corrected chi connectivity index (χ1v) is 2.84. The molecule has 2 N–H and O–H groups in total. The summed E-state index contributed by atoms with van der Waals surface area (Å²) in [6.07, 6.45) is 1.53. The van der Waals surface area contributed by atoms with E-state index < -0.39 is 0 Å². The summed E-state index contributed by atoms with van der Waals surface area (Å²) in [7, 11) is 1.31. The normalized spacial score (nSPS) is 11.3. The average molecular weight is 145 g/mol. The van der Waals surface area contributed by atoms with Crippen LogP contribution in [0.3, 0.4) is 0 Å². The summed E-state index contributed by atoms with van der Waals surface area (Å²) in [5.41, 5.74) is 2.37. The van der Waals surface area contributed by atoms with Gasteiger partial charge in [-0.2, -0.15) is 0 Å². The number of nitrogens with one attached hydrogen (secondary N) is 1. The third-order valence-electron chi connectivity index (χ3n) is 1.01. The largest absolute Gasteiger partial charge is 0.466 e. The van der Waals surface area contributed by atoms with Crippen LogP contribution >= 0.6 is 0 Å². The van der Waals surface area contributed by atoms with E-state index >= 15 is 0 Å². The minimum Gasteiger partial charge on any atom is -0.466 e. The van der Waals surface area contributed by atoms with Crippen LogP contribution in [-0.2, 0) is 9.53 Å². The minimum absolute atomic E-state index is 0.251. The molecule has 0 radical (unpaired) electrons. The molecule has 0 aromatic rings. The SMILES string of the molecule is COC(=O)/C(C)=C/CNO. The quantitative estimate of drug-likeness (QED) is 0.335. The summed E-state index contributed by atoms with van der Waals surface area (Å²) >= 11 is 0. The smallest absolute Gasteiger partial charge is 0.333 e. The van der Waals surface area contributed by atoms with Crippen LogP contribution in [0.15, 0.2) is 11.6 Å². The second kappa shape index (κ2) is 4.96. The molecule has 0 fully saturated rings. The fourth-order valence-corrected chi connectivity index (χ4v) is 0.443.